The van der Waals surface area contributed by atoms with Gasteiger partial charge in [-0.05, 0) is 19.1 Å². The molecule has 0 bridgehead atoms. The minimum absolute atomic E-state index is 0.288. The number of hydrogen-bond acceptors (Lipinski definition) is 6. The fraction of sp³-hybridized carbons (Fsp3) is 0.474. The Hall–Kier alpha value is -2.76. The average molecular weight is 373 g/mol. The Bertz CT molecular complexity index is 762. The Labute approximate surface area is 158 Å². The normalized spacial score (nSPS) is 18.1. The van der Waals surface area contributed by atoms with Gasteiger partial charge in [0.15, 0.2) is 5.92 Å². The number of hydrogen-bond donors (Lipinski definition) is 0. The van der Waals surface area contributed by atoms with E-state index in [1.807, 2.05) is 0 Å². The second-order valence-electron chi connectivity index (χ2n) is 6.14. The Morgan fingerprint density at radius 2 is 1.44 bits per heavy atom. The molecule has 27 heavy (non-hydrogen) atoms. The highest BCUT2D eigenvalue weighted by molar-refractivity contribution is 6.11. The second kappa shape index (κ2) is 7.86. The lowest BCUT2D eigenvalue weighted by Gasteiger charge is -2.23. The maximum atomic E-state index is 13.1. The molecule has 0 unspecified atom stereocenters. The number of carbonyl (C=O) groups excluding carboxylic acids is 2. The molecule has 0 saturated carbocycles. The number of hydrazine groups is 1. The van der Waals surface area contributed by atoms with Gasteiger partial charge in [-0.3, -0.25) is 9.59 Å². The lowest BCUT2D eigenvalue weighted by Crippen LogP contribution is -2.41. The van der Waals surface area contributed by atoms with Gasteiger partial charge in [-0.15, -0.1) is 5.92 Å². The highest BCUT2D eigenvalue weighted by Crippen LogP contribution is 2.41. The van der Waals surface area contributed by atoms with E-state index < -0.39 is 5.92 Å². The predicted molar refractivity (Wildman–Crippen MR) is 96.8 cm³/mol. The molecule has 0 aromatic heterocycles. The molecule has 3 rings (SSSR count). The van der Waals surface area contributed by atoms with Crippen molar-refractivity contribution in [2.45, 2.75) is 12.8 Å². The summed E-state index contributed by atoms with van der Waals surface area (Å²) >= 11 is 0. The molecular formula is C19H23N3O5. The minimum atomic E-state index is -0.993. The lowest BCUT2D eigenvalue weighted by atomic mass is 9.94. The summed E-state index contributed by atoms with van der Waals surface area (Å²) in [6, 6.07) is 3.45. The van der Waals surface area contributed by atoms with Crippen LogP contribution in [-0.4, -0.2) is 74.4 Å². The first-order chi connectivity index (χ1) is 13.0. The first-order valence-corrected chi connectivity index (χ1v) is 8.66. The molecule has 144 valence electrons. The molecule has 0 radical (unpaired) electrons. The van der Waals surface area contributed by atoms with Gasteiger partial charge in [0.1, 0.15) is 11.5 Å². The third-order valence-corrected chi connectivity index (χ3v) is 4.78. The number of ether oxygens (including phenoxy) is 2. The largest absolute Gasteiger partial charge is 0.496 e. The molecule has 0 N–H and O–H groups in total. The van der Waals surface area contributed by atoms with Crippen LogP contribution in [0, 0.1) is 11.8 Å². The van der Waals surface area contributed by atoms with Gasteiger partial charge in [0, 0.05) is 18.7 Å². The molecule has 2 amide bonds. The van der Waals surface area contributed by atoms with Crippen LogP contribution < -0.4 is 9.47 Å². The lowest BCUT2D eigenvalue weighted by molar-refractivity contribution is -0.145. The molecule has 2 aliphatic heterocycles. The number of rotatable bonds is 4. The number of benzene rings is 1. The van der Waals surface area contributed by atoms with Crippen LogP contribution in [0.15, 0.2) is 12.1 Å². The van der Waals surface area contributed by atoms with Crippen LogP contribution >= 0.6 is 0 Å². The van der Waals surface area contributed by atoms with Crippen LogP contribution in [0.25, 0.3) is 0 Å². The minimum Gasteiger partial charge on any atom is -0.496 e. The fourth-order valence-corrected chi connectivity index (χ4v) is 3.50. The number of hydroxylamine groups is 2. The summed E-state index contributed by atoms with van der Waals surface area (Å²) in [6.45, 7) is 3.53. The summed E-state index contributed by atoms with van der Waals surface area (Å²) in [5, 5.41) is 4.71. The topological polar surface area (TPSA) is 71.6 Å². The monoisotopic (exact) mass is 373 g/mol. The molecule has 0 aliphatic carbocycles. The van der Waals surface area contributed by atoms with E-state index in [-0.39, 0.29) is 11.8 Å². The van der Waals surface area contributed by atoms with E-state index in [0.29, 0.717) is 48.8 Å². The third-order valence-electron chi connectivity index (χ3n) is 4.78. The van der Waals surface area contributed by atoms with E-state index in [2.05, 4.69) is 11.8 Å². The van der Waals surface area contributed by atoms with Crippen LogP contribution in [0.3, 0.4) is 0 Å². The zero-order valence-electron chi connectivity index (χ0n) is 15.9. The van der Waals surface area contributed by atoms with Gasteiger partial charge < -0.3 is 14.3 Å². The van der Waals surface area contributed by atoms with Crippen molar-refractivity contribution in [1.82, 2.24) is 15.1 Å². The quantitative estimate of drug-likeness (QED) is 0.569. The summed E-state index contributed by atoms with van der Waals surface area (Å²) < 4.78 is 11.0. The van der Waals surface area contributed by atoms with Crippen molar-refractivity contribution >= 4 is 11.8 Å². The van der Waals surface area contributed by atoms with E-state index >= 15 is 0 Å². The van der Waals surface area contributed by atoms with Gasteiger partial charge in [0.05, 0.1) is 40.0 Å². The number of nitrogens with zero attached hydrogens (tertiary/aromatic N) is 3. The van der Waals surface area contributed by atoms with Crippen molar-refractivity contribution in [3.05, 3.63) is 23.3 Å². The Balaban J connectivity index is 2.03. The summed E-state index contributed by atoms with van der Waals surface area (Å²) in [6.07, 6.45) is 0. The van der Waals surface area contributed by atoms with Crippen molar-refractivity contribution in [1.29, 1.82) is 0 Å². The Morgan fingerprint density at radius 1 is 0.926 bits per heavy atom. The first kappa shape index (κ1) is 19.0. The molecule has 2 fully saturated rings. The highest BCUT2D eigenvalue weighted by Gasteiger charge is 2.49. The molecule has 1 aromatic carbocycles. The fourth-order valence-electron chi connectivity index (χ4n) is 3.50. The van der Waals surface area contributed by atoms with Gasteiger partial charge in [0.2, 0.25) is 0 Å². The Morgan fingerprint density at radius 3 is 1.85 bits per heavy atom. The molecule has 2 saturated heterocycles. The van der Waals surface area contributed by atoms with Gasteiger partial charge in [-0.1, -0.05) is 5.92 Å². The van der Waals surface area contributed by atoms with E-state index in [1.54, 1.807) is 31.2 Å². The van der Waals surface area contributed by atoms with Gasteiger partial charge >= 0.3 is 0 Å². The van der Waals surface area contributed by atoms with Gasteiger partial charge in [-0.2, -0.15) is 5.06 Å². The molecule has 8 heteroatoms. The molecular weight excluding hydrogens is 350 g/mol. The van der Waals surface area contributed by atoms with E-state index in [0.717, 1.165) is 0 Å². The van der Waals surface area contributed by atoms with Crippen molar-refractivity contribution in [3.63, 3.8) is 0 Å². The maximum absolute atomic E-state index is 13.1. The smallest absolute Gasteiger partial charge is 0.258 e. The van der Waals surface area contributed by atoms with Crippen molar-refractivity contribution in [2.24, 2.45) is 0 Å². The average Bonchev–Trinajstić information content (AvgIpc) is 2.83. The summed E-state index contributed by atoms with van der Waals surface area (Å²) in [7, 11) is 4.58. The Kier molecular flexibility index (Phi) is 5.54. The summed E-state index contributed by atoms with van der Waals surface area (Å²) in [5.74, 6) is 5.03. The summed E-state index contributed by atoms with van der Waals surface area (Å²) in [4.78, 5) is 31.5. The molecule has 0 atom stereocenters. The number of methoxy groups -OCH3 is 2. The zero-order chi connectivity index (χ0) is 19.6. The van der Waals surface area contributed by atoms with E-state index in [4.69, 9.17) is 14.3 Å². The molecule has 0 spiro atoms. The predicted octanol–water partition coefficient (Wildman–Crippen LogP) is 0.622. The van der Waals surface area contributed by atoms with E-state index in [9.17, 15) is 9.59 Å². The summed E-state index contributed by atoms with van der Waals surface area (Å²) in [5.41, 5.74) is 1.13. The third kappa shape index (κ3) is 3.31. The van der Waals surface area contributed by atoms with Gasteiger partial charge in [0.25, 0.3) is 11.8 Å². The molecule has 2 heterocycles. The number of amides is 2. The van der Waals surface area contributed by atoms with E-state index in [1.165, 1.54) is 24.2 Å². The molecule has 1 aromatic rings. The number of fused-ring (bicyclic) bond motifs is 1. The highest BCUT2D eigenvalue weighted by atomic mass is 16.7. The van der Waals surface area contributed by atoms with Gasteiger partial charge in [-0.25, -0.2) is 10.0 Å². The molecule has 2 aliphatic rings. The van der Waals surface area contributed by atoms with Crippen LogP contribution in [0.4, 0.5) is 0 Å². The zero-order valence-corrected chi connectivity index (χ0v) is 15.9. The number of carbonyl (C=O) groups is 2. The second-order valence-corrected chi connectivity index (χ2v) is 6.14. The SMILES string of the molecule is CC#Cc1cc(OC)c(C2C(=O)N3CCN(OC)CCN3C2=O)c(OC)c1. The van der Waals surface area contributed by atoms with Crippen LogP contribution in [0.1, 0.15) is 24.0 Å². The maximum Gasteiger partial charge on any atom is 0.258 e. The standard InChI is InChI=1S/C19H23N3O5/c1-5-6-13-11-14(25-2)16(15(12-13)26-3)17-18(23)21-9-7-20(27-4)8-10-22(21)19(17)24/h11-12,17H,7-10H2,1-4H3. The molecule has 8 nitrogen and oxygen atoms in total. The van der Waals surface area contributed by atoms with Crippen molar-refractivity contribution in [3.8, 4) is 23.3 Å². The van der Waals surface area contributed by atoms with Crippen LogP contribution in [-0.2, 0) is 14.4 Å². The first-order valence-electron chi connectivity index (χ1n) is 8.66. The van der Waals surface area contributed by atoms with Crippen molar-refractivity contribution in [2.75, 3.05) is 47.5 Å². The van der Waals surface area contributed by atoms with Crippen LogP contribution in [0.2, 0.25) is 0 Å². The van der Waals surface area contributed by atoms with Crippen LogP contribution in [0.5, 0.6) is 11.5 Å². The van der Waals surface area contributed by atoms with Crippen molar-refractivity contribution < 1.29 is 23.9 Å².